The highest BCUT2D eigenvalue weighted by Crippen LogP contribution is 2.24. The van der Waals surface area contributed by atoms with Crippen LogP contribution in [0.4, 0.5) is 0 Å². The van der Waals surface area contributed by atoms with Gasteiger partial charge < -0.3 is 20.1 Å². The number of hydrogen-bond donors (Lipinski definition) is 2. The molecule has 6 nitrogen and oxygen atoms in total. The molecular formula is C19H21BrN2O4. The number of nitrogens with one attached hydrogen (secondary N) is 2. The van der Waals surface area contributed by atoms with Crippen molar-refractivity contribution in [2.45, 2.75) is 13.0 Å². The van der Waals surface area contributed by atoms with Crippen LogP contribution < -0.4 is 20.1 Å². The van der Waals surface area contributed by atoms with E-state index in [1.165, 1.54) is 0 Å². The maximum absolute atomic E-state index is 12.0. The fourth-order valence-corrected chi connectivity index (χ4v) is 2.54. The van der Waals surface area contributed by atoms with Crippen LogP contribution in [-0.2, 0) is 11.3 Å². The molecule has 0 aliphatic rings. The van der Waals surface area contributed by atoms with E-state index >= 15 is 0 Å². The summed E-state index contributed by atoms with van der Waals surface area (Å²) in [5.41, 5.74) is 1.40. The number of methoxy groups -OCH3 is 2. The van der Waals surface area contributed by atoms with Gasteiger partial charge in [-0.15, -0.1) is 0 Å². The first-order valence-corrected chi connectivity index (χ1v) is 8.84. The summed E-state index contributed by atoms with van der Waals surface area (Å²) in [6.45, 7) is 0.604. The van der Waals surface area contributed by atoms with Gasteiger partial charge in [-0.2, -0.15) is 0 Å². The van der Waals surface area contributed by atoms with Gasteiger partial charge in [-0.05, 0) is 36.4 Å². The summed E-state index contributed by atoms with van der Waals surface area (Å²) in [6.07, 6.45) is 0.195. The highest BCUT2D eigenvalue weighted by molar-refractivity contribution is 9.10. The third-order valence-electron chi connectivity index (χ3n) is 3.71. The molecule has 7 heteroatoms. The van der Waals surface area contributed by atoms with Crippen LogP contribution in [0.5, 0.6) is 11.5 Å². The number of hydrogen-bond acceptors (Lipinski definition) is 4. The third kappa shape index (κ3) is 5.77. The first kappa shape index (κ1) is 19.8. The van der Waals surface area contributed by atoms with Crippen LogP contribution in [0.25, 0.3) is 0 Å². The summed E-state index contributed by atoms with van der Waals surface area (Å²) < 4.78 is 11.3. The Balaban J connectivity index is 1.77. The summed E-state index contributed by atoms with van der Waals surface area (Å²) >= 11 is 3.32. The monoisotopic (exact) mass is 420 g/mol. The highest BCUT2D eigenvalue weighted by atomic mass is 79.9. The van der Waals surface area contributed by atoms with Crippen LogP contribution in [0.3, 0.4) is 0 Å². The van der Waals surface area contributed by atoms with Gasteiger partial charge in [0.25, 0.3) is 5.91 Å². The maximum Gasteiger partial charge on any atom is 0.251 e. The minimum atomic E-state index is -0.206. The fourth-order valence-electron chi connectivity index (χ4n) is 2.27. The van der Waals surface area contributed by atoms with Gasteiger partial charge in [0, 0.05) is 41.2 Å². The zero-order valence-electron chi connectivity index (χ0n) is 14.7. The van der Waals surface area contributed by atoms with E-state index in [1.807, 2.05) is 12.1 Å². The molecule has 2 rings (SSSR count). The van der Waals surface area contributed by atoms with Gasteiger partial charge in [0.1, 0.15) is 11.5 Å². The van der Waals surface area contributed by atoms with E-state index in [2.05, 4.69) is 26.6 Å². The van der Waals surface area contributed by atoms with Gasteiger partial charge in [-0.3, -0.25) is 9.59 Å². The SMILES string of the molecule is COc1ccc(CNC(=O)CCNC(=O)c2ccc(Br)cc2)c(OC)c1. The van der Waals surface area contributed by atoms with Crippen molar-refractivity contribution in [1.82, 2.24) is 10.6 Å². The molecule has 0 spiro atoms. The van der Waals surface area contributed by atoms with Crippen LogP contribution >= 0.6 is 15.9 Å². The van der Waals surface area contributed by atoms with Gasteiger partial charge >= 0.3 is 0 Å². The number of carbonyl (C=O) groups excluding carboxylic acids is 2. The second-order valence-corrected chi connectivity index (χ2v) is 6.38. The van der Waals surface area contributed by atoms with Crippen LogP contribution in [0.1, 0.15) is 22.3 Å². The quantitative estimate of drug-likeness (QED) is 0.688. The van der Waals surface area contributed by atoms with Gasteiger partial charge in [-0.1, -0.05) is 15.9 Å². The van der Waals surface area contributed by atoms with Crippen molar-refractivity contribution in [2.75, 3.05) is 20.8 Å². The van der Waals surface area contributed by atoms with E-state index < -0.39 is 0 Å². The second kappa shape index (κ2) is 9.82. The predicted octanol–water partition coefficient (Wildman–Crippen LogP) is 2.90. The van der Waals surface area contributed by atoms with Crippen molar-refractivity contribution in [2.24, 2.45) is 0 Å². The zero-order chi connectivity index (χ0) is 18.9. The van der Waals surface area contributed by atoms with E-state index in [0.717, 1.165) is 10.0 Å². The molecule has 0 aromatic heterocycles. The Morgan fingerprint density at radius 1 is 1.00 bits per heavy atom. The Kier molecular flexibility index (Phi) is 7.47. The number of carbonyl (C=O) groups is 2. The summed E-state index contributed by atoms with van der Waals surface area (Å²) in [5, 5.41) is 5.54. The fraction of sp³-hybridized carbons (Fsp3) is 0.263. The summed E-state index contributed by atoms with van der Waals surface area (Å²) in [4.78, 5) is 23.9. The lowest BCUT2D eigenvalue weighted by Crippen LogP contribution is -2.30. The Hall–Kier alpha value is -2.54. The number of halogens is 1. The molecule has 0 unspecified atom stereocenters. The Bertz CT molecular complexity index is 763. The molecule has 2 aromatic carbocycles. The van der Waals surface area contributed by atoms with Crippen molar-refractivity contribution >= 4 is 27.7 Å². The molecular weight excluding hydrogens is 400 g/mol. The highest BCUT2D eigenvalue weighted by Gasteiger charge is 2.09. The smallest absolute Gasteiger partial charge is 0.251 e. The van der Waals surface area contributed by atoms with E-state index in [-0.39, 0.29) is 24.8 Å². The number of benzene rings is 2. The third-order valence-corrected chi connectivity index (χ3v) is 4.24. The number of amides is 2. The maximum atomic E-state index is 12.0. The Labute approximate surface area is 161 Å². The minimum absolute atomic E-state index is 0.154. The average Bonchev–Trinajstić information content (AvgIpc) is 2.66. The van der Waals surface area contributed by atoms with E-state index in [0.29, 0.717) is 23.6 Å². The van der Waals surface area contributed by atoms with E-state index in [1.54, 1.807) is 44.6 Å². The molecule has 2 aromatic rings. The summed E-state index contributed by atoms with van der Waals surface area (Å²) in [7, 11) is 3.15. The molecule has 0 aliphatic carbocycles. The van der Waals surface area contributed by atoms with Crippen molar-refractivity contribution in [3.63, 3.8) is 0 Å². The van der Waals surface area contributed by atoms with Gasteiger partial charge in [0.15, 0.2) is 0 Å². The number of rotatable bonds is 8. The van der Waals surface area contributed by atoms with Crippen LogP contribution in [0.15, 0.2) is 46.9 Å². The Morgan fingerprint density at radius 3 is 2.38 bits per heavy atom. The number of ether oxygens (including phenoxy) is 2. The average molecular weight is 421 g/mol. The molecule has 138 valence electrons. The lowest BCUT2D eigenvalue weighted by Gasteiger charge is -2.11. The molecule has 0 atom stereocenters. The van der Waals surface area contributed by atoms with E-state index in [4.69, 9.17) is 9.47 Å². The summed E-state index contributed by atoms with van der Waals surface area (Å²) in [5.74, 6) is 0.974. The van der Waals surface area contributed by atoms with Crippen molar-refractivity contribution in [3.8, 4) is 11.5 Å². The minimum Gasteiger partial charge on any atom is -0.497 e. The molecule has 0 saturated carbocycles. The second-order valence-electron chi connectivity index (χ2n) is 5.47. The molecule has 26 heavy (non-hydrogen) atoms. The van der Waals surface area contributed by atoms with E-state index in [9.17, 15) is 9.59 Å². The largest absolute Gasteiger partial charge is 0.497 e. The molecule has 2 amide bonds. The van der Waals surface area contributed by atoms with Gasteiger partial charge in [0.2, 0.25) is 5.91 Å². The van der Waals surface area contributed by atoms with Crippen LogP contribution in [0, 0.1) is 0 Å². The standard InChI is InChI=1S/C19H21BrN2O4/c1-25-16-8-5-14(17(11-16)26-2)12-22-18(23)9-10-21-19(24)13-3-6-15(20)7-4-13/h3-8,11H,9-10,12H2,1-2H3,(H,21,24)(H,22,23). The van der Waals surface area contributed by atoms with Crippen LogP contribution in [0.2, 0.25) is 0 Å². The Morgan fingerprint density at radius 2 is 1.73 bits per heavy atom. The summed E-state index contributed by atoms with van der Waals surface area (Å²) in [6, 6.07) is 12.4. The normalized spacial score (nSPS) is 10.1. The van der Waals surface area contributed by atoms with Crippen molar-refractivity contribution < 1.29 is 19.1 Å². The first-order valence-electron chi connectivity index (χ1n) is 8.05. The molecule has 0 radical (unpaired) electrons. The topological polar surface area (TPSA) is 76.7 Å². The van der Waals surface area contributed by atoms with Crippen molar-refractivity contribution in [1.29, 1.82) is 0 Å². The molecule has 2 N–H and O–H groups in total. The zero-order valence-corrected chi connectivity index (χ0v) is 16.3. The molecule has 0 bridgehead atoms. The van der Waals surface area contributed by atoms with Gasteiger partial charge in [-0.25, -0.2) is 0 Å². The molecule has 0 saturated heterocycles. The molecule has 0 aliphatic heterocycles. The van der Waals surface area contributed by atoms with Crippen LogP contribution in [-0.4, -0.2) is 32.6 Å². The predicted molar refractivity (Wildman–Crippen MR) is 102 cm³/mol. The lowest BCUT2D eigenvalue weighted by atomic mass is 10.2. The molecule has 0 fully saturated rings. The first-order chi connectivity index (χ1) is 12.5. The molecule has 0 heterocycles. The van der Waals surface area contributed by atoms with Gasteiger partial charge in [0.05, 0.1) is 14.2 Å². The lowest BCUT2D eigenvalue weighted by molar-refractivity contribution is -0.121. The van der Waals surface area contributed by atoms with Crippen molar-refractivity contribution in [3.05, 3.63) is 58.1 Å².